The van der Waals surface area contributed by atoms with Crippen LogP contribution in [0, 0.1) is 0 Å². The third-order valence-corrected chi connectivity index (χ3v) is 11.0. The average molecular weight is 923 g/mol. The van der Waals surface area contributed by atoms with Crippen molar-refractivity contribution in [3.63, 3.8) is 0 Å². The van der Waals surface area contributed by atoms with Crippen LogP contribution in [-0.4, -0.2) is 112 Å². The van der Waals surface area contributed by atoms with Crippen LogP contribution in [-0.2, 0) is 39.2 Å². The second kappa shape index (κ2) is 30.5. The summed E-state index contributed by atoms with van der Waals surface area (Å²) in [5.74, 6) is -3.13. The van der Waals surface area contributed by atoms with Gasteiger partial charge in [0.25, 0.3) is 0 Å². The van der Waals surface area contributed by atoms with Crippen molar-refractivity contribution in [3.8, 4) is 0 Å². The molecule has 0 aliphatic carbocycles. The van der Waals surface area contributed by atoms with Crippen molar-refractivity contribution < 1.29 is 64.1 Å². The minimum atomic E-state index is -4.87. The molecule has 0 aliphatic rings. The van der Waals surface area contributed by atoms with Crippen LogP contribution < -0.4 is 0 Å². The van der Waals surface area contributed by atoms with Crippen LogP contribution in [0.1, 0.15) is 200 Å². The summed E-state index contributed by atoms with van der Waals surface area (Å²) < 4.78 is 90.5. The molecule has 14 nitrogen and oxygen atoms in total. The largest absolute Gasteiger partial charge is 2.00 e. The van der Waals surface area contributed by atoms with Crippen molar-refractivity contribution in [2.24, 2.45) is 0 Å². The molecule has 0 amide bonds. The molecule has 0 fully saturated rings. The topological polar surface area (TPSA) is 220 Å². The van der Waals surface area contributed by atoms with E-state index >= 15 is 0 Å². The van der Waals surface area contributed by atoms with Gasteiger partial charge in [-0.05, 0) is 115 Å². The second-order valence-corrected chi connectivity index (χ2v) is 18.0. The summed E-state index contributed by atoms with van der Waals surface area (Å²) in [5, 5.41) is 0. The SMILES string of the molecule is CCCCCC(C)OC(=O)c1cc(C(=O)OC(C)CCCCC)cc(S(=O)(=O)[O-])c1.CCCCCC(C)OC(=O)c1cc(C(=O)OC(C)CCCCC)cc(S(=O)(=O)[O-])c1.[Ca+2]. The third kappa shape index (κ3) is 24.2. The maximum absolute atomic E-state index is 12.5. The molecule has 2 aromatic carbocycles. The van der Waals surface area contributed by atoms with E-state index in [0.29, 0.717) is 25.7 Å². The van der Waals surface area contributed by atoms with E-state index in [-0.39, 0.29) is 84.4 Å². The predicted octanol–water partition coefficient (Wildman–Crippen LogP) is 9.30. The van der Waals surface area contributed by atoms with E-state index < -0.39 is 53.9 Å². The molecule has 2 rings (SSSR count). The molecule has 340 valence electrons. The first kappa shape index (κ1) is 58.4. The van der Waals surface area contributed by atoms with Crippen molar-refractivity contribution in [1.82, 2.24) is 0 Å². The Morgan fingerprint density at radius 1 is 0.426 bits per heavy atom. The van der Waals surface area contributed by atoms with E-state index in [1.807, 2.05) is 0 Å². The van der Waals surface area contributed by atoms with Gasteiger partial charge in [0.15, 0.2) is 0 Å². The average Bonchev–Trinajstić information content (AvgIpc) is 3.17. The van der Waals surface area contributed by atoms with Gasteiger partial charge in [-0.2, -0.15) is 0 Å². The number of carbonyl (C=O) groups is 4. The van der Waals surface area contributed by atoms with E-state index in [2.05, 4.69) is 27.7 Å². The maximum Gasteiger partial charge on any atom is 2.00 e. The smallest absolute Gasteiger partial charge is 0.744 e. The molecule has 0 aliphatic heterocycles. The Labute approximate surface area is 394 Å². The standard InChI is InChI=1S/2C22H34O7S.Ca/c2*1-5-7-9-11-16(3)28-21(23)18-13-19(15-20(14-18)30(25,26)27)22(24)29-17(4)12-10-8-6-2;/h2*13-17H,5-12H2,1-4H3,(H,25,26,27);/q;;+2/p-2. The fourth-order valence-electron chi connectivity index (χ4n) is 5.92. The van der Waals surface area contributed by atoms with Crippen molar-refractivity contribution in [2.45, 2.75) is 192 Å². The molecule has 0 saturated heterocycles. The molecule has 0 heterocycles. The monoisotopic (exact) mass is 922 g/mol. The number of ether oxygens (including phenoxy) is 4. The Hall–Kier alpha value is -2.60. The van der Waals surface area contributed by atoms with Crippen molar-refractivity contribution in [1.29, 1.82) is 0 Å². The van der Waals surface area contributed by atoms with Crippen LogP contribution in [0.4, 0.5) is 0 Å². The van der Waals surface area contributed by atoms with Gasteiger partial charge in [-0.1, -0.05) is 79.1 Å². The van der Waals surface area contributed by atoms with Gasteiger partial charge >= 0.3 is 61.6 Å². The zero-order chi connectivity index (χ0) is 45.5. The molecule has 0 spiro atoms. The van der Waals surface area contributed by atoms with Gasteiger partial charge in [-0.25, -0.2) is 36.0 Å². The van der Waals surface area contributed by atoms with Crippen LogP contribution in [0.2, 0.25) is 0 Å². The van der Waals surface area contributed by atoms with E-state index in [1.165, 1.54) is 12.1 Å². The molecule has 4 unspecified atom stereocenters. The van der Waals surface area contributed by atoms with Gasteiger partial charge < -0.3 is 28.1 Å². The van der Waals surface area contributed by atoms with E-state index in [4.69, 9.17) is 18.9 Å². The molecule has 0 aromatic heterocycles. The molecule has 0 saturated carbocycles. The summed E-state index contributed by atoms with van der Waals surface area (Å²) in [6, 6.07) is 6.15. The third-order valence-electron chi connectivity index (χ3n) is 9.42. The normalized spacial score (nSPS) is 13.3. The number of unbranched alkanes of at least 4 members (excludes halogenated alkanes) is 8. The summed E-state index contributed by atoms with van der Waals surface area (Å²) >= 11 is 0. The molecule has 17 heteroatoms. The van der Waals surface area contributed by atoms with E-state index in [1.54, 1.807) is 27.7 Å². The molecule has 0 radical (unpaired) electrons. The Bertz CT molecular complexity index is 1650. The minimum absolute atomic E-state index is 0. The molecule has 2 aromatic rings. The molecule has 0 N–H and O–H groups in total. The zero-order valence-corrected chi connectivity index (χ0v) is 41.2. The van der Waals surface area contributed by atoms with Gasteiger partial charge in [-0.3, -0.25) is 0 Å². The van der Waals surface area contributed by atoms with Crippen molar-refractivity contribution in [3.05, 3.63) is 58.7 Å². The number of benzene rings is 2. The first-order valence-electron chi connectivity index (χ1n) is 21.2. The van der Waals surface area contributed by atoms with Crippen molar-refractivity contribution in [2.75, 3.05) is 0 Å². The molecule has 61 heavy (non-hydrogen) atoms. The predicted molar refractivity (Wildman–Crippen MR) is 231 cm³/mol. The molecule has 4 atom stereocenters. The Morgan fingerprint density at radius 3 is 0.787 bits per heavy atom. The number of rotatable bonds is 26. The zero-order valence-electron chi connectivity index (χ0n) is 37.3. The van der Waals surface area contributed by atoms with Gasteiger partial charge in [0, 0.05) is 0 Å². The minimum Gasteiger partial charge on any atom is -0.744 e. The fourth-order valence-corrected chi connectivity index (χ4v) is 7.01. The first-order chi connectivity index (χ1) is 28.2. The van der Waals surface area contributed by atoms with E-state index in [0.717, 1.165) is 101 Å². The Kier molecular flexibility index (Phi) is 29.2. The van der Waals surface area contributed by atoms with Crippen LogP contribution in [0.15, 0.2) is 46.2 Å². The molecular formula is C44H66CaO14S2. The van der Waals surface area contributed by atoms with Crippen LogP contribution in [0.25, 0.3) is 0 Å². The van der Waals surface area contributed by atoms with Crippen LogP contribution in [0.5, 0.6) is 0 Å². The van der Waals surface area contributed by atoms with Crippen LogP contribution in [0.3, 0.4) is 0 Å². The van der Waals surface area contributed by atoms with Crippen LogP contribution >= 0.6 is 0 Å². The summed E-state index contributed by atoms with van der Waals surface area (Å²) in [7, 11) is -9.74. The number of carbonyl (C=O) groups excluding carboxylic acids is 4. The molecular weight excluding hydrogens is 857 g/mol. The number of hydrogen-bond acceptors (Lipinski definition) is 14. The summed E-state index contributed by atoms with van der Waals surface area (Å²) in [5.41, 5.74) is -0.667. The maximum atomic E-state index is 12.5. The summed E-state index contributed by atoms with van der Waals surface area (Å²) in [6.07, 6.45) is 13.0. The first-order valence-corrected chi connectivity index (χ1v) is 24.0. The number of esters is 4. The van der Waals surface area contributed by atoms with Gasteiger partial charge in [0.1, 0.15) is 20.2 Å². The fraction of sp³-hybridized carbons (Fsp3) is 0.636. The quantitative estimate of drug-likeness (QED) is 0.0282. The number of hydrogen-bond donors (Lipinski definition) is 0. The Morgan fingerprint density at radius 2 is 0.623 bits per heavy atom. The van der Waals surface area contributed by atoms with E-state index in [9.17, 15) is 45.1 Å². The summed E-state index contributed by atoms with van der Waals surface area (Å²) in [4.78, 5) is 48.5. The van der Waals surface area contributed by atoms with Crippen molar-refractivity contribution >= 4 is 81.9 Å². The second-order valence-electron chi connectivity index (χ2n) is 15.2. The van der Waals surface area contributed by atoms with Gasteiger partial charge in [0.05, 0.1) is 56.5 Å². The molecule has 0 bridgehead atoms. The van der Waals surface area contributed by atoms with Gasteiger partial charge in [-0.15, -0.1) is 0 Å². The Balaban J connectivity index is 0.00000116. The summed E-state index contributed by atoms with van der Waals surface area (Å²) in [6.45, 7) is 15.2. The van der Waals surface area contributed by atoms with Gasteiger partial charge in [0.2, 0.25) is 0 Å².